The van der Waals surface area contributed by atoms with Gasteiger partial charge in [-0.2, -0.15) is 0 Å². The van der Waals surface area contributed by atoms with Gasteiger partial charge in [-0.25, -0.2) is 4.39 Å². The number of halogens is 1. The van der Waals surface area contributed by atoms with Gasteiger partial charge in [-0.15, -0.1) is 0 Å². The van der Waals surface area contributed by atoms with Crippen molar-refractivity contribution >= 4 is 11.7 Å². The van der Waals surface area contributed by atoms with Crippen LogP contribution in [0.15, 0.2) is 42.5 Å². The number of Topliss-reactive ketones (excluding diaryl/α,β-unsaturated/α-hetero) is 1. The molecule has 1 saturated heterocycles. The van der Waals surface area contributed by atoms with E-state index in [-0.39, 0.29) is 24.1 Å². The zero-order valence-corrected chi connectivity index (χ0v) is 15.2. The summed E-state index contributed by atoms with van der Waals surface area (Å²) in [4.78, 5) is 28.9. The minimum absolute atomic E-state index is 0.0217. The number of piperazine rings is 1. The van der Waals surface area contributed by atoms with Gasteiger partial charge in [0, 0.05) is 37.3 Å². The van der Waals surface area contributed by atoms with Gasteiger partial charge in [0.1, 0.15) is 5.82 Å². The van der Waals surface area contributed by atoms with Crippen LogP contribution >= 0.6 is 0 Å². The van der Waals surface area contributed by atoms with Crippen molar-refractivity contribution in [3.63, 3.8) is 0 Å². The van der Waals surface area contributed by atoms with Crippen molar-refractivity contribution in [1.29, 1.82) is 0 Å². The number of carbonyl (C=O) groups excluding carboxylic acids is 2. The highest BCUT2D eigenvalue weighted by Crippen LogP contribution is 2.13. The van der Waals surface area contributed by atoms with Crippen LogP contribution in [0, 0.1) is 19.7 Å². The minimum atomic E-state index is -0.301. The van der Waals surface area contributed by atoms with E-state index < -0.39 is 0 Å². The predicted octanol–water partition coefficient (Wildman–Crippen LogP) is 3.08. The van der Waals surface area contributed by atoms with Crippen LogP contribution in [0.3, 0.4) is 0 Å². The first-order valence-electron chi connectivity index (χ1n) is 8.81. The Labute approximate surface area is 153 Å². The average Bonchev–Trinajstić information content (AvgIpc) is 2.64. The van der Waals surface area contributed by atoms with E-state index >= 15 is 0 Å². The molecule has 0 unspecified atom stereocenters. The summed E-state index contributed by atoms with van der Waals surface area (Å²) in [6.07, 6.45) is 0. The maximum Gasteiger partial charge on any atom is 0.253 e. The zero-order chi connectivity index (χ0) is 18.7. The van der Waals surface area contributed by atoms with Gasteiger partial charge in [-0.05, 0) is 49.7 Å². The second kappa shape index (κ2) is 7.79. The van der Waals surface area contributed by atoms with Crippen LogP contribution < -0.4 is 0 Å². The Morgan fingerprint density at radius 1 is 0.962 bits per heavy atom. The number of hydrogen-bond acceptors (Lipinski definition) is 3. The Kier molecular flexibility index (Phi) is 5.47. The van der Waals surface area contributed by atoms with Crippen molar-refractivity contribution in [2.24, 2.45) is 0 Å². The summed E-state index contributed by atoms with van der Waals surface area (Å²) in [6.45, 7) is 6.43. The Hall–Kier alpha value is -2.53. The number of ketones is 1. The van der Waals surface area contributed by atoms with Gasteiger partial charge < -0.3 is 4.90 Å². The summed E-state index contributed by atoms with van der Waals surface area (Å²) in [5.74, 6) is -0.287. The fraction of sp³-hybridized carbons (Fsp3) is 0.333. The quantitative estimate of drug-likeness (QED) is 0.793. The molecular formula is C21H23FN2O2. The van der Waals surface area contributed by atoms with Crippen LogP contribution in [0.2, 0.25) is 0 Å². The molecule has 0 N–H and O–H groups in total. The summed E-state index contributed by atoms with van der Waals surface area (Å²) < 4.78 is 13.3. The van der Waals surface area contributed by atoms with Crippen LogP contribution in [0.5, 0.6) is 0 Å². The van der Waals surface area contributed by atoms with E-state index in [4.69, 9.17) is 0 Å². The number of nitrogens with zero attached hydrogens (tertiary/aromatic N) is 2. The molecule has 0 spiro atoms. The smallest absolute Gasteiger partial charge is 0.253 e. The molecule has 1 heterocycles. The second-order valence-electron chi connectivity index (χ2n) is 6.82. The fourth-order valence-electron chi connectivity index (χ4n) is 3.18. The first-order chi connectivity index (χ1) is 12.4. The first-order valence-corrected chi connectivity index (χ1v) is 8.81. The highest BCUT2D eigenvalue weighted by Gasteiger charge is 2.23. The van der Waals surface area contributed by atoms with Gasteiger partial charge in [0.2, 0.25) is 0 Å². The van der Waals surface area contributed by atoms with Crippen LogP contribution in [-0.2, 0) is 0 Å². The predicted molar refractivity (Wildman–Crippen MR) is 99.0 cm³/mol. The fourth-order valence-corrected chi connectivity index (χ4v) is 3.18. The molecule has 0 aliphatic carbocycles. The molecule has 4 nitrogen and oxygen atoms in total. The van der Waals surface area contributed by atoms with Gasteiger partial charge in [-0.3, -0.25) is 14.5 Å². The van der Waals surface area contributed by atoms with Crippen LogP contribution in [-0.4, -0.2) is 54.2 Å². The Morgan fingerprint density at radius 2 is 1.69 bits per heavy atom. The van der Waals surface area contributed by atoms with E-state index in [1.807, 2.05) is 41.0 Å². The molecule has 0 bridgehead atoms. The lowest BCUT2D eigenvalue weighted by molar-refractivity contribution is 0.0624. The lowest BCUT2D eigenvalue weighted by Crippen LogP contribution is -2.49. The monoisotopic (exact) mass is 354 g/mol. The number of carbonyl (C=O) groups is 2. The molecule has 1 aliphatic rings. The van der Waals surface area contributed by atoms with Gasteiger partial charge >= 0.3 is 0 Å². The van der Waals surface area contributed by atoms with Gasteiger partial charge in [0.25, 0.3) is 5.91 Å². The Balaban J connectivity index is 1.55. The third kappa shape index (κ3) is 4.17. The molecule has 0 radical (unpaired) electrons. The number of amides is 1. The summed E-state index contributed by atoms with van der Waals surface area (Å²) in [5.41, 5.74) is 2.78. The summed E-state index contributed by atoms with van der Waals surface area (Å²) in [7, 11) is 0. The number of aryl methyl sites for hydroxylation is 2. The molecule has 1 amide bonds. The molecule has 1 aliphatic heterocycles. The third-order valence-electron chi connectivity index (χ3n) is 4.77. The minimum Gasteiger partial charge on any atom is -0.336 e. The van der Waals surface area contributed by atoms with E-state index in [9.17, 15) is 14.0 Å². The van der Waals surface area contributed by atoms with E-state index in [0.29, 0.717) is 42.9 Å². The number of rotatable bonds is 4. The van der Waals surface area contributed by atoms with Gasteiger partial charge in [0.15, 0.2) is 5.78 Å². The molecule has 2 aromatic rings. The second-order valence-corrected chi connectivity index (χ2v) is 6.82. The largest absolute Gasteiger partial charge is 0.336 e. The molecule has 0 atom stereocenters. The maximum absolute atomic E-state index is 13.3. The topological polar surface area (TPSA) is 40.6 Å². The van der Waals surface area contributed by atoms with Crippen molar-refractivity contribution < 1.29 is 14.0 Å². The highest BCUT2D eigenvalue weighted by molar-refractivity contribution is 5.98. The molecule has 1 fully saturated rings. The van der Waals surface area contributed by atoms with Crippen LogP contribution in [0.1, 0.15) is 31.8 Å². The highest BCUT2D eigenvalue weighted by atomic mass is 19.1. The zero-order valence-electron chi connectivity index (χ0n) is 15.2. The molecule has 136 valence electrons. The summed E-state index contributed by atoms with van der Waals surface area (Å²) in [6, 6.07) is 12.1. The number of hydrogen-bond donors (Lipinski definition) is 0. The molecule has 2 aromatic carbocycles. The molecule has 26 heavy (non-hydrogen) atoms. The standard InChI is InChI=1S/C21H23FN2O2/c1-15-4-3-5-18(12-15)21(26)24-10-8-23(9-11-24)14-20(25)17-6-7-19(22)16(2)13-17/h3-7,12-13H,8-11,14H2,1-2H3. The Morgan fingerprint density at radius 3 is 2.35 bits per heavy atom. The SMILES string of the molecule is Cc1cccc(C(=O)N2CCN(CC(=O)c3ccc(F)c(C)c3)CC2)c1. The van der Waals surface area contributed by atoms with Gasteiger partial charge in [0.05, 0.1) is 6.54 Å². The number of benzene rings is 2. The third-order valence-corrected chi connectivity index (χ3v) is 4.77. The van der Waals surface area contributed by atoms with Crippen molar-refractivity contribution in [1.82, 2.24) is 9.80 Å². The van der Waals surface area contributed by atoms with Crippen LogP contribution in [0.25, 0.3) is 0 Å². The van der Waals surface area contributed by atoms with Crippen molar-refractivity contribution in [3.8, 4) is 0 Å². The lowest BCUT2D eigenvalue weighted by atomic mass is 10.1. The molecule has 3 rings (SSSR count). The van der Waals surface area contributed by atoms with E-state index in [1.54, 1.807) is 13.0 Å². The lowest BCUT2D eigenvalue weighted by Gasteiger charge is -2.34. The summed E-state index contributed by atoms with van der Waals surface area (Å²) >= 11 is 0. The molecule has 0 saturated carbocycles. The van der Waals surface area contributed by atoms with E-state index in [0.717, 1.165) is 5.56 Å². The normalized spacial score (nSPS) is 15.1. The van der Waals surface area contributed by atoms with Crippen molar-refractivity contribution in [2.45, 2.75) is 13.8 Å². The molecule has 0 aromatic heterocycles. The maximum atomic E-state index is 13.3. The van der Waals surface area contributed by atoms with E-state index in [1.165, 1.54) is 12.1 Å². The summed E-state index contributed by atoms with van der Waals surface area (Å²) in [5, 5.41) is 0. The van der Waals surface area contributed by atoms with Crippen molar-refractivity contribution in [2.75, 3.05) is 32.7 Å². The molecular weight excluding hydrogens is 331 g/mol. The average molecular weight is 354 g/mol. The molecule has 5 heteroatoms. The Bertz CT molecular complexity index is 827. The van der Waals surface area contributed by atoms with Crippen LogP contribution in [0.4, 0.5) is 4.39 Å². The first kappa shape index (κ1) is 18.3. The van der Waals surface area contributed by atoms with E-state index in [2.05, 4.69) is 0 Å². The van der Waals surface area contributed by atoms with Crippen molar-refractivity contribution in [3.05, 3.63) is 70.5 Å². The van der Waals surface area contributed by atoms with Gasteiger partial charge in [-0.1, -0.05) is 17.7 Å².